The first-order valence-electron chi connectivity index (χ1n) is 5.69. The molecular weight excluding hydrogens is 222 g/mol. The number of hydrogen-bond acceptors (Lipinski definition) is 4. The third-order valence-corrected chi connectivity index (χ3v) is 1.91. The Morgan fingerprint density at radius 2 is 1.94 bits per heavy atom. The number of alkyl carbamates (subject to hydrolysis) is 1. The second kappa shape index (κ2) is 6.44. The molecule has 100 valence electrons. The zero-order chi connectivity index (χ0) is 13.6. The number of amides is 2. The summed E-state index contributed by atoms with van der Waals surface area (Å²) < 4.78 is 5.08. The largest absolute Gasteiger partial charge is 0.444 e. The third-order valence-electron chi connectivity index (χ3n) is 1.91. The molecule has 3 N–H and O–H groups in total. The van der Waals surface area contributed by atoms with Crippen LogP contribution >= 0.6 is 0 Å². The van der Waals surface area contributed by atoms with Crippen molar-refractivity contribution < 1.29 is 14.3 Å². The van der Waals surface area contributed by atoms with E-state index in [4.69, 9.17) is 10.6 Å². The van der Waals surface area contributed by atoms with Crippen LogP contribution in [-0.2, 0) is 9.53 Å². The number of carbonyl (C=O) groups excluding carboxylic acids is 2. The second-order valence-electron chi connectivity index (χ2n) is 4.94. The van der Waals surface area contributed by atoms with Crippen LogP contribution in [0.1, 0.15) is 40.5 Å². The first-order chi connectivity index (χ1) is 7.67. The maximum Gasteiger partial charge on any atom is 0.408 e. The van der Waals surface area contributed by atoms with Crippen molar-refractivity contribution in [1.29, 1.82) is 0 Å². The van der Waals surface area contributed by atoms with Crippen molar-refractivity contribution in [3.05, 3.63) is 0 Å². The summed E-state index contributed by atoms with van der Waals surface area (Å²) in [6, 6.07) is -0.634. The monoisotopic (exact) mass is 245 g/mol. The molecule has 0 saturated carbocycles. The van der Waals surface area contributed by atoms with Crippen LogP contribution in [0, 0.1) is 0 Å². The average molecular weight is 245 g/mol. The van der Waals surface area contributed by atoms with Crippen LogP contribution < -0.4 is 11.2 Å². The summed E-state index contributed by atoms with van der Waals surface area (Å²) in [5.74, 6) is 5.03. The minimum Gasteiger partial charge on any atom is -0.444 e. The van der Waals surface area contributed by atoms with Gasteiger partial charge in [0.15, 0.2) is 0 Å². The Balaban J connectivity index is 4.45. The molecule has 2 amide bonds. The Morgan fingerprint density at radius 3 is 2.29 bits per heavy atom. The highest BCUT2D eigenvalue weighted by Crippen LogP contribution is 2.08. The van der Waals surface area contributed by atoms with Gasteiger partial charge in [0, 0.05) is 7.05 Å². The fourth-order valence-electron chi connectivity index (χ4n) is 1.24. The minimum atomic E-state index is -0.634. The van der Waals surface area contributed by atoms with Crippen LogP contribution in [-0.4, -0.2) is 35.7 Å². The highest BCUT2D eigenvalue weighted by Gasteiger charge is 2.24. The van der Waals surface area contributed by atoms with E-state index in [1.54, 1.807) is 20.8 Å². The van der Waals surface area contributed by atoms with E-state index in [0.717, 1.165) is 11.4 Å². The molecule has 0 aliphatic heterocycles. The van der Waals surface area contributed by atoms with Crippen molar-refractivity contribution in [1.82, 2.24) is 10.3 Å². The van der Waals surface area contributed by atoms with Crippen molar-refractivity contribution in [2.45, 2.75) is 52.2 Å². The molecule has 0 aliphatic carbocycles. The zero-order valence-electron chi connectivity index (χ0n) is 11.2. The summed E-state index contributed by atoms with van der Waals surface area (Å²) in [6.45, 7) is 7.21. The molecule has 6 nitrogen and oxygen atoms in total. The molecular formula is C11H23N3O3. The molecule has 0 fully saturated rings. The molecule has 0 heterocycles. The molecule has 0 aromatic carbocycles. The fourth-order valence-corrected chi connectivity index (χ4v) is 1.24. The first-order valence-corrected chi connectivity index (χ1v) is 5.69. The van der Waals surface area contributed by atoms with Crippen molar-refractivity contribution >= 4 is 12.0 Å². The quantitative estimate of drug-likeness (QED) is 0.440. The van der Waals surface area contributed by atoms with Gasteiger partial charge in [0.1, 0.15) is 11.6 Å². The van der Waals surface area contributed by atoms with Crippen molar-refractivity contribution in [2.75, 3.05) is 7.05 Å². The van der Waals surface area contributed by atoms with Gasteiger partial charge in [0.2, 0.25) is 0 Å². The lowest BCUT2D eigenvalue weighted by atomic mass is 10.1. The summed E-state index contributed by atoms with van der Waals surface area (Å²) in [6.07, 6.45) is 0.686. The van der Waals surface area contributed by atoms with E-state index in [1.165, 1.54) is 7.05 Å². The smallest absolute Gasteiger partial charge is 0.408 e. The van der Waals surface area contributed by atoms with Crippen LogP contribution in [0.15, 0.2) is 0 Å². The van der Waals surface area contributed by atoms with E-state index in [0.29, 0.717) is 6.42 Å². The number of ether oxygens (including phenoxy) is 1. The first kappa shape index (κ1) is 15.7. The predicted molar refractivity (Wildman–Crippen MR) is 65.0 cm³/mol. The molecule has 0 saturated heterocycles. The van der Waals surface area contributed by atoms with Crippen molar-refractivity contribution in [2.24, 2.45) is 5.84 Å². The molecule has 0 aromatic heterocycles. The number of likely N-dealkylation sites (N-methyl/N-ethyl adjacent to an activating group) is 1. The van der Waals surface area contributed by atoms with Gasteiger partial charge < -0.3 is 10.1 Å². The summed E-state index contributed by atoms with van der Waals surface area (Å²) in [5, 5.41) is 3.49. The highest BCUT2D eigenvalue weighted by molar-refractivity contribution is 5.85. The van der Waals surface area contributed by atoms with Gasteiger partial charge in [-0.15, -0.1) is 0 Å². The van der Waals surface area contributed by atoms with Gasteiger partial charge >= 0.3 is 6.09 Å². The topological polar surface area (TPSA) is 84.7 Å². The molecule has 6 heteroatoms. The standard InChI is InChI=1S/C11H23N3O3/c1-6-7-8(9(15)14(5)12)13-10(16)17-11(2,3)4/h8H,6-7,12H2,1-5H3,(H,13,16). The van der Waals surface area contributed by atoms with E-state index in [1.807, 2.05) is 6.92 Å². The highest BCUT2D eigenvalue weighted by atomic mass is 16.6. The van der Waals surface area contributed by atoms with E-state index < -0.39 is 17.7 Å². The fraction of sp³-hybridized carbons (Fsp3) is 0.818. The second-order valence-corrected chi connectivity index (χ2v) is 4.94. The molecule has 0 rings (SSSR count). The molecule has 0 radical (unpaired) electrons. The Morgan fingerprint density at radius 1 is 1.41 bits per heavy atom. The van der Waals surface area contributed by atoms with Crippen molar-refractivity contribution in [3.63, 3.8) is 0 Å². The van der Waals surface area contributed by atoms with Crippen LogP contribution in [0.5, 0.6) is 0 Å². The van der Waals surface area contributed by atoms with Crippen LogP contribution in [0.25, 0.3) is 0 Å². The number of hydrazine groups is 1. The minimum absolute atomic E-state index is 0.335. The summed E-state index contributed by atoms with van der Waals surface area (Å²) in [5.41, 5.74) is -0.585. The predicted octanol–water partition coefficient (Wildman–Crippen LogP) is 1.01. The number of nitrogens with one attached hydrogen (secondary N) is 1. The van der Waals surface area contributed by atoms with Gasteiger partial charge in [-0.25, -0.2) is 10.6 Å². The number of nitrogens with two attached hydrogens (primary N) is 1. The van der Waals surface area contributed by atoms with Crippen molar-refractivity contribution in [3.8, 4) is 0 Å². The van der Waals surface area contributed by atoms with E-state index >= 15 is 0 Å². The lowest BCUT2D eigenvalue weighted by Crippen LogP contribution is -2.50. The molecule has 17 heavy (non-hydrogen) atoms. The third kappa shape index (κ3) is 6.78. The zero-order valence-corrected chi connectivity index (χ0v) is 11.2. The Bertz CT molecular complexity index is 272. The average Bonchev–Trinajstić information content (AvgIpc) is 2.12. The number of carbonyl (C=O) groups is 2. The van der Waals surface area contributed by atoms with E-state index in [-0.39, 0.29) is 5.91 Å². The Kier molecular flexibility index (Phi) is 5.95. The Hall–Kier alpha value is -1.30. The SMILES string of the molecule is CCCC(NC(=O)OC(C)(C)C)C(=O)N(C)N. The molecule has 0 aromatic rings. The molecule has 0 bridgehead atoms. The Labute approximate surface area is 102 Å². The maximum atomic E-state index is 11.7. The van der Waals surface area contributed by atoms with Gasteiger partial charge in [-0.2, -0.15) is 0 Å². The van der Waals surface area contributed by atoms with Crippen LogP contribution in [0.3, 0.4) is 0 Å². The van der Waals surface area contributed by atoms with Gasteiger partial charge in [-0.1, -0.05) is 13.3 Å². The maximum absolute atomic E-state index is 11.7. The molecule has 0 spiro atoms. The van der Waals surface area contributed by atoms with Gasteiger partial charge in [0.25, 0.3) is 5.91 Å². The molecule has 0 aliphatic rings. The summed E-state index contributed by atoms with van der Waals surface area (Å²) >= 11 is 0. The van der Waals surface area contributed by atoms with E-state index in [9.17, 15) is 9.59 Å². The number of rotatable bonds is 4. The summed E-state index contributed by atoms with van der Waals surface area (Å²) in [7, 11) is 1.45. The summed E-state index contributed by atoms with van der Waals surface area (Å²) in [4.78, 5) is 23.2. The lowest BCUT2D eigenvalue weighted by molar-refractivity contribution is -0.132. The number of nitrogens with zero attached hydrogens (tertiary/aromatic N) is 1. The number of hydrogen-bond donors (Lipinski definition) is 2. The lowest BCUT2D eigenvalue weighted by Gasteiger charge is -2.24. The van der Waals surface area contributed by atoms with E-state index in [2.05, 4.69) is 5.32 Å². The van der Waals surface area contributed by atoms with Gasteiger partial charge in [-0.05, 0) is 27.2 Å². The van der Waals surface area contributed by atoms with Gasteiger partial charge in [0.05, 0.1) is 0 Å². The normalized spacial score (nSPS) is 12.8. The van der Waals surface area contributed by atoms with Crippen LogP contribution in [0.2, 0.25) is 0 Å². The van der Waals surface area contributed by atoms with Crippen LogP contribution in [0.4, 0.5) is 4.79 Å². The molecule has 1 atom stereocenters. The van der Waals surface area contributed by atoms with Gasteiger partial charge in [-0.3, -0.25) is 9.80 Å². The molecule has 1 unspecified atom stereocenters.